The van der Waals surface area contributed by atoms with Crippen LogP contribution in [0.15, 0.2) is 24.8 Å². The summed E-state index contributed by atoms with van der Waals surface area (Å²) in [4.78, 5) is 16.3. The number of aromatic hydroxyl groups is 1. The van der Waals surface area contributed by atoms with Crippen LogP contribution in [0, 0.1) is 0 Å². The Bertz CT molecular complexity index is 533. The number of benzene rings is 1. The Labute approximate surface area is 125 Å². The molecule has 108 valence electrons. The Morgan fingerprint density at radius 3 is 2.65 bits per heavy atom. The van der Waals surface area contributed by atoms with E-state index in [9.17, 15) is 9.90 Å². The van der Waals surface area contributed by atoms with Gasteiger partial charge in [0.1, 0.15) is 17.3 Å². The summed E-state index contributed by atoms with van der Waals surface area (Å²) in [5, 5.41) is 9.72. The van der Waals surface area contributed by atoms with Gasteiger partial charge in [0.15, 0.2) is 0 Å². The first-order chi connectivity index (χ1) is 9.54. The van der Waals surface area contributed by atoms with E-state index in [-0.39, 0.29) is 23.2 Å². The zero-order valence-electron chi connectivity index (χ0n) is 11.8. The van der Waals surface area contributed by atoms with E-state index in [1.54, 1.807) is 23.1 Å². The molecule has 0 aromatic heterocycles. The van der Waals surface area contributed by atoms with E-state index in [2.05, 4.69) is 19.2 Å². The lowest BCUT2D eigenvalue weighted by molar-refractivity contribution is -0.129. The third-order valence-electron chi connectivity index (χ3n) is 3.72. The van der Waals surface area contributed by atoms with E-state index < -0.39 is 0 Å². The molecule has 1 saturated heterocycles. The Morgan fingerprint density at radius 1 is 1.40 bits per heavy atom. The molecule has 1 heterocycles. The minimum absolute atomic E-state index is 0.0510. The van der Waals surface area contributed by atoms with Crippen LogP contribution in [-0.4, -0.2) is 39.4 Å². The first kappa shape index (κ1) is 14.9. The number of likely N-dealkylation sites (N-methyl/N-ethyl adjacent to an activating group) is 2. The van der Waals surface area contributed by atoms with Gasteiger partial charge in [-0.3, -0.25) is 9.69 Å². The number of phenolic OH excluding ortho intramolecular Hbond substituents is 1. The van der Waals surface area contributed by atoms with Gasteiger partial charge in [0.25, 0.3) is 0 Å². The molecular weight excluding hydrogens is 272 g/mol. The Balaban J connectivity index is 2.44. The van der Waals surface area contributed by atoms with Gasteiger partial charge in [-0.05, 0) is 31.2 Å². The predicted octanol–water partition coefficient (Wildman–Crippen LogP) is 2.47. The number of amides is 1. The molecule has 0 bridgehead atoms. The fraction of sp³-hybridized carbons (Fsp3) is 0.400. The SMILES string of the molecule is C=Cc1cc(C2C(=O)N(CC)C(S)N2CC)ccc1O. The molecule has 2 unspecified atom stereocenters. The van der Waals surface area contributed by atoms with Crippen molar-refractivity contribution in [1.82, 2.24) is 9.80 Å². The number of carbonyl (C=O) groups is 1. The molecule has 0 saturated carbocycles. The lowest BCUT2D eigenvalue weighted by Gasteiger charge is -2.25. The second-order valence-corrected chi connectivity index (χ2v) is 5.19. The number of nitrogens with zero attached hydrogens (tertiary/aromatic N) is 2. The van der Waals surface area contributed by atoms with Crippen molar-refractivity contribution in [3.63, 3.8) is 0 Å². The average Bonchev–Trinajstić information content (AvgIpc) is 2.69. The van der Waals surface area contributed by atoms with Gasteiger partial charge in [-0.25, -0.2) is 0 Å². The summed E-state index contributed by atoms with van der Waals surface area (Å²) in [7, 11) is 0. The van der Waals surface area contributed by atoms with E-state index in [1.807, 2.05) is 24.8 Å². The van der Waals surface area contributed by atoms with Crippen molar-refractivity contribution in [3.8, 4) is 5.75 Å². The van der Waals surface area contributed by atoms with Crippen LogP contribution >= 0.6 is 12.6 Å². The van der Waals surface area contributed by atoms with Crippen LogP contribution in [-0.2, 0) is 4.79 Å². The van der Waals surface area contributed by atoms with Crippen LogP contribution in [0.4, 0.5) is 0 Å². The monoisotopic (exact) mass is 292 g/mol. The fourth-order valence-electron chi connectivity index (χ4n) is 2.63. The molecule has 4 nitrogen and oxygen atoms in total. The summed E-state index contributed by atoms with van der Waals surface area (Å²) in [6.07, 6.45) is 1.59. The first-order valence-electron chi connectivity index (χ1n) is 6.74. The summed E-state index contributed by atoms with van der Waals surface area (Å²) in [6, 6.07) is 4.86. The molecule has 5 heteroatoms. The quantitative estimate of drug-likeness (QED) is 0.838. The largest absolute Gasteiger partial charge is 0.507 e. The topological polar surface area (TPSA) is 43.8 Å². The van der Waals surface area contributed by atoms with Gasteiger partial charge in [-0.1, -0.05) is 25.6 Å². The summed E-state index contributed by atoms with van der Waals surface area (Å²) in [6.45, 7) is 9.00. The predicted molar refractivity (Wildman–Crippen MR) is 83.5 cm³/mol. The molecule has 1 aromatic carbocycles. The van der Waals surface area contributed by atoms with Crippen molar-refractivity contribution < 1.29 is 9.90 Å². The van der Waals surface area contributed by atoms with E-state index in [0.717, 1.165) is 12.1 Å². The summed E-state index contributed by atoms with van der Waals surface area (Å²) >= 11 is 4.54. The van der Waals surface area contributed by atoms with Gasteiger partial charge in [0.05, 0.1) is 0 Å². The smallest absolute Gasteiger partial charge is 0.246 e. The van der Waals surface area contributed by atoms with E-state index >= 15 is 0 Å². The minimum atomic E-state index is -0.346. The molecule has 1 aliphatic heterocycles. The summed E-state index contributed by atoms with van der Waals surface area (Å²) < 4.78 is 0. The Morgan fingerprint density at radius 2 is 2.10 bits per heavy atom. The number of hydrogen-bond acceptors (Lipinski definition) is 4. The van der Waals surface area contributed by atoms with Gasteiger partial charge in [-0.15, -0.1) is 12.6 Å². The normalized spacial score (nSPS) is 23.4. The second kappa shape index (κ2) is 5.89. The van der Waals surface area contributed by atoms with Crippen LogP contribution in [0.3, 0.4) is 0 Å². The maximum Gasteiger partial charge on any atom is 0.246 e. The minimum Gasteiger partial charge on any atom is -0.507 e. The second-order valence-electron chi connectivity index (χ2n) is 4.73. The van der Waals surface area contributed by atoms with E-state index in [1.165, 1.54) is 0 Å². The van der Waals surface area contributed by atoms with Crippen LogP contribution in [0.5, 0.6) is 5.75 Å². The van der Waals surface area contributed by atoms with Crippen LogP contribution < -0.4 is 0 Å². The number of rotatable bonds is 4. The number of phenols is 1. The molecule has 1 fully saturated rings. The molecule has 0 aliphatic carbocycles. The van der Waals surface area contributed by atoms with Gasteiger partial charge in [-0.2, -0.15) is 0 Å². The molecule has 2 rings (SSSR count). The third-order valence-corrected chi connectivity index (χ3v) is 4.29. The van der Waals surface area contributed by atoms with Crippen molar-refractivity contribution in [2.75, 3.05) is 13.1 Å². The van der Waals surface area contributed by atoms with Crippen molar-refractivity contribution in [2.45, 2.75) is 25.4 Å². The first-order valence-corrected chi connectivity index (χ1v) is 7.26. The van der Waals surface area contributed by atoms with E-state index in [4.69, 9.17) is 0 Å². The van der Waals surface area contributed by atoms with Crippen molar-refractivity contribution in [1.29, 1.82) is 0 Å². The summed E-state index contributed by atoms with van der Waals surface area (Å²) in [5.74, 6) is 0.224. The molecule has 1 amide bonds. The lowest BCUT2D eigenvalue weighted by Crippen LogP contribution is -2.35. The van der Waals surface area contributed by atoms with Crippen molar-refractivity contribution in [2.24, 2.45) is 0 Å². The highest BCUT2D eigenvalue weighted by Gasteiger charge is 2.43. The number of hydrogen-bond donors (Lipinski definition) is 2. The number of carbonyl (C=O) groups excluding carboxylic acids is 1. The molecule has 1 aliphatic rings. The van der Waals surface area contributed by atoms with Gasteiger partial charge in [0, 0.05) is 12.1 Å². The molecule has 2 atom stereocenters. The lowest BCUT2D eigenvalue weighted by atomic mass is 10.0. The highest BCUT2D eigenvalue weighted by molar-refractivity contribution is 7.80. The third kappa shape index (κ3) is 2.31. The highest BCUT2D eigenvalue weighted by Crippen LogP contribution is 2.36. The van der Waals surface area contributed by atoms with Gasteiger partial charge >= 0.3 is 0 Å². The molecule has 1 aromatic rings. The zero-order valence-corrected chi connectivity index (χ0v) is 12.7. The molecular formula is C15H20N2O2S. The average molecular weight is 292 g/mol. The fourth-order valence-corrected chi connectivity index (χ4v) is 3.20. The standard InChI is InChI=1S/C15H20N2O2S/c1-4-10-9-11(7-8-12(10)18)13-14(19)17(6-3)15(20)16(13)5-2/h4,7-9,13,15,18,20H,1,5-6H2,2-3H3. The zero-order chi connectivity index (χ0) is 14.9. The maximum atomic E-state index is 12.5. The van der Waals surface area contributed by atoms with Gasteiger partial charge < -0.3 is 10.0 Å². The van der Waals surface area contributed by atoms with Crippen LogP contribution in [0.25, 0.3) is 6.08 Å². The van der Waals surface area contributed by atoms with Crippen LogP contribution in [0.1, 0.15) is 31.0 Å². The highest BCUT2D eigenvalue weighted by atomic mass is 32.1. The molecule has 0 radical (unpaired) electrons. The molecule has 1 N–H and O–H groups in total. The van der Waals surface area contributed by atoms with E-state index in [0.29, 0.717) is 12.1 Å². The van der Waals surface area contributed by atoms with Gasteiger partial charge in [0.2, 0.25) is 5.91 Å². The maximum absolute atomic E-state index is 12.5. The Kier molecular flexibility index (Phi) is 4.40. The molecule has 20 heavy (non-hydrogen) atoms. The van der Waals surface area contributed by atoms with Crippen molar-refractivity contribution >= 4 is 24.6 Å². The molecule has 0 spiro atoms. The number of thiol groups is 1. The van der Waals surface area contributed by atoms with Crippen molar-refractivity contribution in [3.05, 3.63) is 35.9 Å². The van der Waals surface area contributed by atoms with Crippen LogP contribution in [0.2, 0.25) is 0 Å². The summed E-state index contributed by atoms with van der Waals surface area (Å²) in [5.41, 5.74) is 1.29. The Hall–Kier alpha value is -1.46.